The summed E-state index contributed by atoms with van der Waals surface area (Å²) in [5.74, 6) is -0.175. The fourth-order valence-electron chi connectivity index (χ4n) is 1.95. The second-order valence-electron chi connectivity index (χ2n) is 5.78. The highest BCUT2D eigenvalue weighted by Gasteiger charge is 2.11. The molecular formula is C16H30N4O3-2. The highest BCUT2D eigenvalue weighted by Crippen LogP contribution is 2.04. The van der Waals surface area contributed by atoms with E-state index in [-0.39, 0.29) is 30.3 Å². The van der Waals surface area contributed by atoms with E-state index in [0.29, 0.717) is 19.4 Å². The Kier molecular flexibility index (Phi) is 12.2. The summed E-state index contributed by atoms with van der Waals surface area (Å²) in [5, 5.41) is 13.5. The molecule has 0 aromatic rings. The van der Waals surface area contributed by atoms with Gasteiger partial charge in [0.25, 0.3) is 0 Å². The van der Waals surface area contributed by atoms with Crippen molar-refractivity contribution in [1.29, 1.82) is 0 Å². The fraction of sp³-hybridized carbons (Fsp3) is 0.812. The van der Waals surface area contributed by atoms with Crippen LogP contribution in [0.4, 0.5) is 0 Å². The van der Waals surface area contributed by atoms with E-state index in [1.807, 2.05) is 13.8 Å². The number of nitrogens with one attached hydrogen (secondary N) is 2. The molecule has 7 heteroatoms. The minimum Gasteiger partial charge on any atom is -0.662 e. The minimum atomic E-state index is -0.471. The Labute approximate surface area is 139 Å². The molecule has 134 valence electrons. The Hall–Kier alpha value is -1.47. The molecule has 0 rings (SSSR count). The fourth-order valence-corrected chi connectivity index (χ4v) is 1.95. The largest absolute Gasteiger partial charge is 0.662 e. The average molecular weight is 326 g/mol. The van der Waals surface area contributed by atoms with Crippen LogP contribution in [-0.2, 0) is 14.4 Å². The minimum absolute atomic E-state index is 0.0133. The lowest BCUT2D eigenvalue weighted by atomic mass is 10.1. The van der Waals surface area contributed by atoms with Gasteiger partial charge in [-0.25, -0.2) is 0 Å². The van der Waals surface area contributed by atoms with E-state index in [4.69, 9.17) is 0 Å². The predicted molar refractivity (Wildman–Crippen MR) is 91.6 cm³/mol. The summed E-state index contributed by atoms with van der Waals surface area (Å²) in [6.07, 6.45) is 3.54. The van der Waals surface area contributed by atoms with Crippen LogP contribution in [0.2, 0.25) is 0 Å². The maximum absolute atomic E-state index is 11.7. The van der Waals surface area contributed by atoms with Crippen molar-refractivity contribution in [2.24, 2.45) is 0 Å². The molecule has 0 fully saturated rings. The third kappa shape index (κ3) is 11.7. The number of carbonyl (C=O) groups excluding carboxylic acids is 3. The Bertz CT molecular complexity index is 363. The van der Waals surface area contributed by atoms with Crippen LogP contribution >= 0.6 is 0 Å². The lowest BCUT2D eigenvalue weighted by Gasteiger charge is -2.23. The van der Waals surface area contributed by atoms with E-state index >= 15 is 0 Å². The second-order valence-corrected chi connectivity index (χ2v) is 5.78. The summed E-state index contributed by atoms with van der Waals surface area (Å²) < 4.78 is 0. The summed E-state index contributed by atoms with van der Waals surface area (Å²) in [6.45, 7) is 4.31. The van der Waals surface area contributed by atoms with E-state index in [1.165, 1.54) is 0 Å². The van der Waals surface area contributed by atoms with E-state index in [2.05, 4.69) is 21.3 Å². The molecule has 0 unspecified atom stereocenters. The third-order valence-electron chi connectivity index (χ3n) is 3.62. The van der Waals surface area contributed by atoms with Crippen molar-refractivity contribution in [3.05, 3.63) is 10.6 Å². The molecule has 0 heterocycles. The molecule has 2 amide bonds. The zero-order valence-electron chi connectivity index (χ0n) is 14.7. The summed E-state index contributed by atoms with van der Waals surface area (Å²) in [6, 6.07) is -0.488. The molecule has 0 bridgehead atoms. The van der Waals surface area contributed by atoms with Gasteiger partial charge in [0.1, 0.15) is 6.29 Å². The molecule has 0 saturated carbocycles. The molecule has 0 aliphatic carbocycles. The topological polar surface area (TPSA) is 103 Å². The van der Waals surface area contributed by atoms with Gasteiger partial charge < -0.3 is 26.1 Å². The lowest BCUT2D eigenvalue weighted by molar-refractivity contribution is -0.124. The molecule has 23 heavy (non-hydrogen) atoms. The first-order chi connectivity index (χ1) is 10.9. The van der Waals surface area contributed by atoms with E-state index in [1.54, 1.807) is 14.1 Å². The van der Waals surface area contributed by atoms with Gasteiger partial charge in [0, 0.05) is 19.4 Å². The molecule has 2 N–H and O–H groups in total. The molecule has 0 spiro atoms. The number of hydrogen-bond donors (Lipinski definition) is 2. The molecule has 0 aliphatic heterocycles. The number of amides is 2. The van der Waals surface area contributed by atoms with Crippen molar-refractivity contribution >= 4 is 18.1 Å². The number of hydrogen-bond acceptors (Lipinski definition) is 3. The van der Waals surface area contributed by atoms with Crippen LogP contribution in [0.1, 0.15) is 46.0 Å². The van der Waals surface area contributed by atoms with Gasteiger partial charge in [0.15, 0.2) is 0 Å². The first-order valence-corrected chi connectivity index (χ1v) is 8.12. The van der Waals surface area contributed by atoms with Gasteiger partial charge in [-0.3, -0.25) is 9.59 Å². The van der Waals surface area contributed by atoms with Gasteiger partial charge in [0.2, 0.25) is 11.8 Å². The molecular weight excluding hydrogens is 296 g/mol. The molecule has 0 radical (unpaired) electrons. The van der Waals surface area contributed by atoms with Gasteiger partial charge in [-0.2, -0.15) is 14.1 Å². The van der Waals surface area contributed by atoms with Crippen LogP contribution in [0.25, 0.3) is 10.6 Å². The number of carbonyl (C=O) groups is 3. The van der Waals surface area contributed by atoms with Crippen LogP contribution in [0.15, 0.2) is 0 Å². The standard InChI is InChI=1S/C16H30N4O3/c1-12(17-3)9-15(22)19-8-6-5-7-14(11-21)20-16(23)10-13(2)18-4/h11-14H,5-10H2,1-4H3,(H,19,22)(H,20,23)/q-2/t12-,13-,14+/m1/s1. The van der Waals surface area contributed by atoms with E-state index < -0.39 is 6.04 Å². The van der Waals surface area contributed by atoms with Crippen molar-refractivity contribution in [2.75, 3.05) is 20.6 Å². The average Bonchev–Trinajstić information content (AvgIpc) is 2.52. The van der Waals surface area contributed by atoms with Gasteiger partial charge in [-0.1, -0.05) is 13.8 Å². The normalized spacial score (nSPS) is 14.6. The first-order valence-electron chi connectivity index (χ1n) is 8.12. The van der Waals surface area contributed by atoms with Crippen molar-refractivity contribution < 1.29 is 14.4 Å². The predicted octanol–water partition coefficient (Wildman–Crippen LogP) is 1.52. The zero-order valence-corrected chi connectivity index (χ0v) is 14.7. The highest BCUT2D eigenvalue weighted by molar-refractivity contribution is 5.80. The van der Waals surface area contributed by atoms with Crippen LogP contribution in [-0.4, -0.2) is 56.9 Å². The Morgan fingerprint density at radius 3 is 2.09 bits per heavy atom. The monoisotopic (exact) mass is 326 g/mol. The Morgan fingerprint density at radius 2 is 1.57 bits per heavy atom. The van der Waals surface area contributed by atoms with Crippen LogP contribution < -0.4 is 10.6 Å². The van der Waals surface area contributed by atoms with E-state index in [0.717, 1.165) is 19.1 Å². The van der Waals surface area contributed by atoms with Gasteiger partial charge in [-0.15, -0.1) is 12.1 Å². The van der Waals surface area contributed by atoms with Gasteiger partial charge in [0.05, 0.1) is 6.04 Å². The van der Waals surface area contributed by atoms with Crippen LogP contribution in [0.3, 0.4) is 0 Å². The lowest BCUT2D eigenvalue weighted by Crippen LogP contribution is -2.37. The molecule has 0 aromatic carbocycles. The summed E-state index contributed by atoms with van der Waals surface area (Å²) in [7, 11) is 3.36. The van der Waals surface area contributed by atoms with Crippen molar-refractivity contribution in [2.45, 2.75) is 64.1 Å². The number of nitrogens with zero attached hydrogens (tertiary/aromatic N) is 2. The summed E-state index contributed by atoms with van der Waals surface area (Å²) in [4.78, 5) is 34.2. The molecule has 3 atom stereocenters. The van der Waals surface area contributed by atoms with Crippen molar-refractivity contribution in [3.63, 3.8) is 0 Å². The molecule has 7 nitrogen and oxygen atoms in total. The van der Waals surface area contributed by atoms with Crippen LogP contribution in [0, 0.1) is 0 Å². The third-order valence-corrected chi connectivity index (χ3v) is 3.62. The second kappa shape index (κ2) is 13.0. The quantitative estimate of drug-likeness (QED) is 0.396. The first kappa shape index (κ1) is 21.5. The number of unbranched alkanes of at least 4 members (excludes halogenated alkanes) is 1. The molecule has 0 aliphatic rings. The van der Waals surface area contributed by atoms with Gasteiger partial charge in [-0.05, 0) is 19.3 Å². The van der Waals surface area contributed by atoms with Crippen molar-refractivity contribution in [3.8, 4) is 0 Å². The maximum atomic E-state index is 11.7. The molecule has 0 aromatic heterocycles. The number of rotatable bonds is 13. The SMILES string of the molecule is C[N-][C@H](C)CC(=O)NCCCC[C@@H](C=O)NC(=O)C[C@@H](C)[N-]C. The molecule has 0 saturated heterocycles. The summed E-state index contributed by atoms with van der Waals surface area (Å²) in [5.41, 5.74) is 0. The van der Waals surface area contributed by atoms with Crippen LogP contribution in [0.5, 0.6) is 0 Å². The zero-order chi connectivity index (χ0) is 17.7. The maximum Gasteiger partial charge on any atom is 0.219 e. The number of aldehydes is 1. The van der Waals surface area contributed by atoms with Crippen molar-refractivity contribution in [1.82, 2.24) is 10.6 Å². The Morgan fingerprint density at radius 1 is 1.00 bits per heavy atom. The van der Waals surface area contributed by atoms with Gasteiger partial charge >= 0.3 is 0 Å². The highest BCUT2D eigenvalue weighted by atomic mass is 16.2. The Balaban J connectivity index is 3.81. The van der Waals surface area contributed by atoms with E-state index in [9.17, 15) is 14.4 Å². The smallest absolute Gasteiger partial charge is 0.219 e. The summed E-state index contributed by atoms with van der Waals surface area (Å²) >= 11 is 0.